The first-order chi connectivity index (χ1) is 15.4. The number of carbonyl (C=O) groups excluding carboxylic acids is 2. The van der Waals surface area contributed by atoms with E-state index < -0.39 is 0 Å². The number of rotatable bonds is 3. The lowest BCUT2D eigenvalue weighted by molar-refractivity contribution is 0.0649. The van der Waals surface area contributed by atoms with Crippen LogP contribution >= 0.6 is 11.6 Å². The maximum atomic E-state index is 13.5. The first-order valence-electron chi connectivity index (χ1n) is 10.7. The number of piperazine rings is 1. The van der Waals surface area contributed by atoms with Crippen molar-refractivity contribution in [2.75, 3.05) is 40.3 Å². The van der Waals surface area contributed by atoms with E-state index in [1.165, 1.54) is 0 Å². The van der Waals surface area contributed by atoms with E-state index in [1.807, 2.05) is 72.5 Å². The summed E-state index contributed by atoms with van der Waals surface area (Å²) in [6.45, 7) is 4.08. The minimum absolute atomic E-state index is 0.00986. The Balaban J connectivity index is 1.67. The maximum absolute atomic E-state index is 13.5. The van der Waals surface area contributed by atoms with Crippen LogP contribution in [0.5, 0.6) is 0 Å². The summed E-state index contributed by atoms with van der Waals surface area (Å²) in [6, 6.07) is 19.6. The van der Waals surface area contributed by atoms with Gasteiger partial charge in [-0.1, -0.05) is 41.9 Å². The summed E-state index contributed by atoms with van der Waals surface area (Å²) < 4.78 is 2.11. The molecule has 0 N–H and O–H groups in total. The Hall–Kier alpha value is -3.25. The molecule has 7 heteroatoms. The van der Waals surface area contributed by atoms with Crippen LogP contribution in [0.25, 0.3) is 16.9 Å². The lowest BCUT2D eigenvalue weighted by atomic mass is 10.1. The van der Waals surface area contributed by atoms with Gasteiger partial charge in [-0.25, -0.2) is 4.79 Å². The van der Waals surface area contributed by atoms with E-state index in [1.54, 1.807) is 23.9 Å². The van der Waals surface area contributed by atoms with Crippen LogP contribution in [0.15, 0.2) is 60.7 Å². The number of halogens is 1. The highest BCUT2D eigenvalue weighted by molar-refractivity contribution is 6.30. The van der Waals surface area contributed by atoms with Gasteiger partial charge < -0.3 is 19.3 Å². The van der Waals surface area contributed by atoms with Crippen molar-refractivity contribution < 1.29 is 9.59 Å². The highest BCUT2D eigenvalue weighted by atomic mass is 35.5. The molecule has 166 valence electrons. The van der Waals surface area contributed by atoms with Gasteiger partial charge in [0, 0.05) is 56.7 Å². The van der Waals surface area contributed by atoms with Gasteiger partial charge >= 0.3 is 6.03 Å². The van der Waals surface area contributed by atoms with Crippen LogP contribution in [0.1, 0.15) is 16.1 Å². The van der Waals surface area contributed by atoms with Crippen LogP contribution in [-0.4, -0.2) is 71.5 Å². The Bertz CT molecular complexity index is 1110. The van der Waals surface area contributed by atoms with E-state index in [2.05, 4.69) is 4.57 Å². The molecule has 2 heterocycles. The molecule has 0 spiro atoms. The monoisotopic (exact) mass is 450 g/mol. The molecule has 0 atom stereocenters. The average molecular weight is 451 g/mol. The molecular formula is C25H27ClN4O2. The molecule has 0 bridgehead atoms. The predicted molar refractivity (Wildman–Crippen MR) is 128 cm³/mol. The fourth-order valence-electron chi connectivity index (χ4n) is 4.12. The number of nitrogens with zero attached hydrogens (tertiary/aromatic N) is 4. The molecular weight excluding hydrogens is 424 g/mol. The molecule has 1 fully saturated rings. The number of carbonyl (C=O) groups is 2. The van der Waals surface area contributed by atoms with Crippen molar-refractivity contribution in [3.8, 4) is 16.9 Å². The van der Waals surface area contributed by atoms with Crippen LogP contribution in [-0.2, 0) is 0 Å². The Labute approximate surface area is 193 Å². The number of hydrogen-bond donors (Lipinski definition) is 0. The van der Waals surface area contributed by atoms with Crippen molar-refractivity contribution >= 4 is 23.5 Å². The summed E-state index contributed by atoms with van der Waals surface area (Å²) in [6.07, 6.45) is 0. The minimum atomic E-state index is -0.0199. The second-order valence-electron chi connectivity index (χ2n) is 8.16. The summed E-state index contributed by atoms with van der Waals surface area (Å²) >= 11 is 6.10. The van der Waals surface area contributed by atoms with Gasteiger partial charge in [0.1, 0.15) is 0 Å². The summed E-state index contributed by atoms with van der Waals surface area (Å²) in [5.74, 6) is -0.00986. The van der Waals surface area contributed by atoms with Crippen molar-refractivity contribution in [2.45, 2.75) is 6.92 Å². The molecule has 4 rings (SSSR count). The Morgan fingerprint density at radius 1 is 0.875 bits per heavy atom. The van der Waals surface area contributed by atoms with Crippen molar-refractivity contribution in [1.82, 2.24) is 19.3 Å². The van der Waals surface area contributed by atoms with Gasteiger partial charge in [0.05, 0.1) is 11.3 Å². The molecule has 1 aliphatic rings. The third-order valence-electron chi connectivity index (χ3n) is 5.85. The normalized spacial score (nSPS) is 13.9. The van der Waals surface area contributed by atoms with E-state index in [0.717, 1.165) is 22.6 Å². The van der Waals surface area contributed by atoms with Gasteiger partial charge in [-0.2, -0.15) is 0 Å². The number of urea groups is 1. The van der Waals surface area contributed by atoms with Crippen molar-refractivity contribution in [3.05, 3.63) is 76.9 Å². The Kier molecular flexibility index (Phi) is 6.24. The fourth-order valence-corrected chi connectivity index (χ4v) is 4.25. The smallest absolute Gasteiger partial charge is 0.319 e. The number of aromatic nitrogens is 1. The lowest BCUT2D eigenvalue weighted by Crippen LogP contribution is -2.52. The average Bonchev–Trinajstić information content (AvgIpc) is 3.16. The largest absolute Gasteiger partial charge is 0.335 e. The highest BCUT2D eigenvalue weighted by Crippen LogP contribution is 2.31. The van der Waals surface area contributed by atoms with E-state index in [-0.39, 0.29) is 11.9 Å². The fraction of sp³-hybridized carbons (Fsp3) is 0.280. The van der Waals surface area contributed by atoms with Crippen LogP contribution in [0, 0.1) is 6.92 Å². The molecule has 32 heavy (non-hydrogen) atoms. The second kappa shape index (κ2) is 9.09. The van der Waals surface area contributed by atoms with Gasteiger partial charge in [0.25, 0.3) is 5.91 Å². The van der Waals surface area contributed by atoms with Crippen LogP contribution in [0.3, 0.4) is 0 Å². The van der Waals surface area contributed by atoms with Crippen molar-refractivity contribution in [2.24, 2.45) is 0 Å². The maximum Gasteiger partial charge on any atom is 0.319 e. The zero-order valence-electron chi connectivity index (χ0n) is 18.6. The summed E-state index contributed by atoms with van der Waals surface area (Å²) in [5, 5.41) is 0.671. The number of amides is 3. The molecule has 0 aliphatic carbocycles. The van der Waals surface area contributed by atoms with Crippen LogP contribution < -0.4 is 0 Å². The SMILES string of the molecule is Cc1c(C(=O)N2CCN(C(=O)N(C)C)CC2)cc(-c2ccc(Cl)cc2)n1-c1ccccc1. The first kappa shape index (κ1) is 22.0. The first-order valence-corrected chi connectivity index (χ1v) is 11.0. The summed E-state index contributed by atoms with van der Waals surface area (Å²) in [4.78, 5) is 30.9. The zero-order chi connectivity index (χ0) is 22.8. The van der Waals surface area contributed by atoms with E-state index >= 15 is 0 Å². The molecule has 3 aromatic rings. The Morgan fingerprint density at radius 2 is 1.47 bits per heavy atom. The summed E-state index contributed by atoms with van der Waals surface area (Å²) in [7, 11) is 3.49. The molecule has 1 saturated heterocycles. The van der Waals surface area contributed by atoms with E-state index in [0.29, 0.717) is 36.8 Å². The topological polar surface area (TPSA) is 48.8 Å². The lowest BCUT2D eigenvalue weighted by Gasteiger charge is -2.36. The predicted octanol–water partition coefficient (Wildman–Crippen LogP) is 4.55. The molecule has 0 saturated carbocycles. The van der Waals surface area contributed by atoms with Crippen LogP contribution in [0.4, 0.5) is 4.79 Å². The molecule has 0 radical (unpaired) electrons. The minimum Gasteiger partial charge on any atom is -0.335 e. The quantitative estimate of drug-likeness (QED) is 0.588. The van der Waals surface area contributed by atoms with Crippen LogP contribution in [0.2, 0.25) is 5.02 Å². The van der Waals surface area contributed by atoms with Gasteiger partial charge in [-0.3, -0.25) is 4.79 Å². The summed E-state index contributed by atoms with van der Waals surface area (Å²) in [5.41, 5.74) is 4.48. The van der Waals surface area contributed by atoms with E-state index in [9.17, 15) is 9.59 Å². The number of benzene rings is 2. The highest BCUT2D eigenvalue weighted by Gasteiger charge is 2.28. The molecule has 1 aliphatic heterocycles. The van der Waals surface area contributed by atoms with Crippen molar-refractivity contribution in [3.63, 3.8) is 0 Å². The van der Waals surface area contributed by atoms with E-state index in [4.69, 9.17) is 11.6 Å². The molecule has 2 aromatic carbocycles. The second-order valence-corrected chi connectivity index (χ2v) is 8.60. The van der Waals surface area contributed by atoms with Gasteiger partial charge in [0.2, 0.25) is 0 Å². The Morgan fingerprint density at radius 3 is 2.06 bits per heavy atom. The standard InChI is InChI=1S/C25H27ClN4O2/c1-18-22(24(31)28-13-15-29(16-14-28)25(32)27(2)3)17-23(19-9-11-20(26)12-10-19)30(18)21-7-5-4-6-8-21/h4-12,17H,13-16H2,1-3H3. The molecule has 6 nitrogen and oxygen atoms in total. The molecule has 3 amide bonds. The zero-order valence-corrected chi connectivity index (χ0v) is 19.3. The third-order valence-corrected chi connectivity index (χ3v) is 6.10. The van der Waals surface area contributed by atoms with Gasteiger partial charge in [0.15, 0.2) is 0 Å². The van der Waals surface area contributed by atoms with Gasteiger partial charge in [-0.05, 0) is 42.8 Å². The number of hydrogen-bond acceptors (Lipinski definition) is 2. The molecule has 0 unspecified atom stereocenters. The number of para-hydroxylation sites is 1. The van der Waals surface area contributed by atoms with Gasteiger partial charge in [-0.15, -0.1) is 0 Å². The molecule has 1 aromatic heterocycles. The van der Waals surface area contributed by atoms with Crippen molar-refractivity contribution in [1.29, 1.82) is 0 Å². The third kappa shape index (κ3) is 4.23.